The quantitative estimate of drug-likeness (QED) is 0.289. The summed E-state index contributed by atoms with van der Waals surface area (Å²) in [5.41, 5.74) is 4.64. The van der Waals surface area contributed by atoms with Crippen LogP contribution in [0.25, 0.3) is 11.3 Å². The molecule has 0 saturated heterocycles. The molecule has 2 heterocycles. The Morgan fingerprint density at radius 2 is 1.81 bits per heavy atom. The van der Waals surface area contributed by atoms with Crippen LogP contribution < -0.4 is 9.47 Å². The second-order valence-corrected chi connectivity index (χ2v) is 8.80. The molecule has 36 heavy (non-hydrogen) atoms. The molecule has 1 aliphatic rings. The number of unbranched alkanes of at least 4 members (excludes halogenated alkanes) is 1. The van der Waals surface area contributed by atoms with Crippen LogP contribution in [0.15, 0.2) is 72.8 Å². The van der Waals surface area contributed by atoms with E-state index in [1.807, 2.05) is 48.5 Å². The summed E-state index contributed by atoms with van der Waals surface area (Å²) < 4.78 is 25.1. The van der Waals surface area contributed by atoms with Gasteiger partial charge < -0.3 is 14.4 Å². The number of hydrogen-bond donors (Lipinski definition) is 1. The third-order valence-corrected chi connectivity index (χ3v) is 6.44. The summed E-state index contributed by atoms with van der Waals surface area (Å²) in [6.07, 6.45) is 1.99. The van der Waals surface area contributed by atoms with Gasteiger partial charge in [-0.1, -0.05) is 61.9 Å². The molecule has 3 aromatic carbocycles. The molecule has 4 aromatic rings. The Kier molecular flexibility index (Phi) is 6.71. The van der Waals surface area contributed by atoms with E-state index in [2.05, 4.69) is 17.1 Å². The van der Waals surface area contributed by atoms with Gasteiger partial charge in [-0.25, -0.2) is 4.39 Å². The molecule has 6 nitrogen and oxygen atoms in total. The maximum absolute atomic E-state index is 13.6. The van der Waals surface area contributed by atoms with E-state index in [9.17, 15) is 9.18 Å². The van der Waals surface area contributed by atoms with Gasteiger partial charge in [0.1, 0.15) is 11.5 Å². The molecule has 1 aromatic heterocycles. The van der Waals surface area contributed by atoms with Gasteiger partial charge >= 0.3 is 0 Å². The van der Waals surface area contributed by atoms with Crippen molar-refractivity contribution in [2.75, 3.05) is 13.7 Å². The van der Waals surface area contributed by atoms with E-state index in [0.717, 1.165) is 40.8 Å². The fourth-order valence-corrected chi connectivity index (χ4v) is 4.61. The summed E-state index contributed by atoms with van der Waals surface area (Å²) in [6, 6.07) is 21.4. The first-order valence-corrected chi connectivity index (χ1v) is 12.1. The smallest absolute Gasteiger partial charge is 0.273 e. The summed E-state index contributed by atoms with van der Waals surface area (Å²) in [6.45, 7) is 3.04. The molecule has 7 heteroatoms. The highest BCUT2D eigenvalue weighted by Crippen LogP contribution is 2.45. The Hall–Kier alpha value is -4.13. The fraction of sp³-hybridized carbons (Fsp3) is 0.241. The minimum absolute atomic E-state index is 0.156. The van der Waals surface area contributed by atoms with Crippen LogP contribution >= 0.6 is 0 Å². The van der Waals surface area contributed by atoms with Crippen molar-refractivity contribution in [2.24, 2.45) is 0 Å². The number of carbonyl (C=O) groups is 1. The third-order valence-electron chi connectivity index (χ3n) is 6.44. The maximum Gasteiger partial charge on any atom is 0.273 e. The molecular formula is C29H28FN3O3. The van der Waals surface area contributed by atoms with E-state index in [1.165, 1.54) is 12.1 Å². The molecule has 0 fully saturated rings. The van der Waals surface area contributed by atoms with Gasteiger partial charge in [0.15, 0.2) is 11.5 Å². The Bertz CT molecular complexity index is 1350. The predicted octanol–water partition coefficient (Wildman–Crippen LogP) is 6.15. The zero-order valence-electron chi connectivity index (χ0n) is 20.3. The topological polar surface area (TPSA) is 67.5 Å². The molecular weight excluding hydrogens is 457 g/mol. The van der Waals surface area contributed by atoms with E-state index in [1.54, 1.807) is 24.1 Å². The first-order chi connectivity index (χ1) is 17.6. The van der Waals surface area contributed by atoms with Crippen molar-refractivity contribution in [3.63, 3.8) is 0 Å². The summed E-state index contributed by atoms with van der Waals surface area (Å²) in [5, 5.41) is 7.50. The number of carbonyl (C=O) groups excluding carboxylic acids is 1. The molecule has 1 unspecified atom stereocenters. The van der Waals surface area contributed by atoms with Gasteiger partial charge in [-0.15, -0.1) is 0 Å². The van der Waals surface area contributed by atoms with Gasteiger partial charge in [-0.05, 0) is 41.8 Å². The van der Waals surface area contributed by atoms with Crippen LogP contribution in [0.1, 0.15) is 53.0 Å². The highest BCUT2D eigenvalue weighted by molar-refractivity contribution is 6.00. The SMILES string of the molecule is CCCCOc1ccc(C2c3c(-c4ccccc4)n[nH]c3C(=O)N2Cc2ccc(F)cc2)cc1OC. The van der Waals surface area contributed by atoms with E-state index >= 15 is 0 Å². The number of aromatic nitrogens is 2. The number of ether oxygens (including phenoxy) is 2. The van der Waals surface area contributed by atoms with E-state index in [4.69, 9.17) is 9.47 Å². The number of halogens is 1. The highest BCUT2D eigenvalue weighted by atomic mass is 19.1. The Labute approximate surface area is 209 Å². The van der Waals surface area contributed by atoms with Crippen molar-refractivity contribution in [3.8, 4) is 22.8 Å². The number of hydrogen-bond acceptors (Lipinski definition) is 4. The number of methoxy groups -OCH3 is 1. The molecule has 1 atom stereocenters. The highest BCUT2D eigenvalue weighted by Gasteiger charge is 2.42. The van der Waals surface area contributed by atoms with Gasteiger partial charge in [0, 0.05) is 17.7 Å². The van der Waals surface area contributed by atoms with Crippen LogP contribution in [0.5, 0.6) is 11.5 Å². The molecule has 0 radical (unpaired) electrons. The van der Waals surface area contributed by atoms with Crippen LogP contribution in [0.3, 0.4) is 0 Å². The van der Waals surface area contributed by atoms with Crippen LogP contribution in [-0.2, 0) is 6.54 Å². The van der Waals surface area contributed by atoms with Crippen molar-refractivity contribution in [1.29, 1.82) is 0 Å². The maximum atomic E-state index is 13.6. The van der Waals surface area contributed by atoms with Crippen molar-refractivity contribution < 1.29 is 18.7 Å². The number of fused-ring (bicyclic) bond motifs is 1. The second kappa shape index (κ2) is 10.2. The molecule has 184 valence electrons. The van der Waals surface area contributed by atoms with Gasteiger partial charge in [-0.2, -0.15) is 5.10 Å². The minimum atomic E-state index is -0.412. The Morgan fingerprint density at radius 1 is 1.03 bits per heavy atom. The van der Waals surface area contributed by atoms with Crippen LogP contribution in [0.2, 0.25) is 0 Å². The number of H-pyrrole nitrogens is 1. The van der Waals surface area contributed by atoms with E-state index < -0.39 is 6.04 Å². The van der Waals surface area contributed by atoms with Crippen LogP contribution in [0, 0.1) is 5.82 Å². The zero-order valence-corrected chi connectivity index (χ0v) is 20.3. The lowest BCUT2D eigenvalue weighted by Gasteiger charge is -2.27. The number of nitrogens with one attached hydrogen (secondary N) is 1. The average Bonchev–Trinajstić information content (AvgIpc) is 3.45. The molecule has 5 rings (SSSR count). The number of nitrogens with zero attached hydrogens (tertiary/aromatic N) is 2. The molecule has 1 N–H and O–H groups in total. The number of aromatic amines is 1. The molecule has 0 spiro atoms. The normalized spacial score (nSPS) is 14.7. The second-order valence-electron chi connectivity index (χ2n) is 8.80. The van der Waals surface area contributed by atoms with Gasteiger partial charge in [0.25, 0.3) is 5.91 Å². The minimum Gasteiger partial charge on any atom is -0.493 e. The van der Waals surface area contributed by atoms with E-state index in [-0.39, 0.29) is 11.7 Å². The lowest BCUT2D eigenvalue weighted by Crippen LogP contribution is -2.29. The van der Waals surface area contributed by atoms with Crippen molar-refractivity contribution in [3.05, 3.63) is 101 Å². The average molecular weight is 486 g/mol. The number of rotatable bonds is 9. The summed E-state index contributed by atoms with van der Waals surface area (Å²) in [4.78, 5) is 15.4. The van der Waals surface area contributed by atoms with Crippen molar-refractivity contribution in [1.82, 2.24) is 15.1 Å². The predicted molar refractivity (Wildman–Crippen MR) is 136 cm³/mol. The number of amides is 1. The lowest BCUT2D eigenvalue weighted by atomic mass is 9.95. The molecule has 0 saturated carbocycles. The largest absolute Gasteiger partial charge is 0.493 e. The number of benzene rings is 3. The van der Waals surface area contributed by atoms with Crippen LogP contribution in [0.4, 0.5) is 4.39 Å². The Morgan fingerprint density at radius 3 is 2.53 bits per heavy atom. The molecule has 1 aliphatic heterocycles. The summed E-state index contributed by atoms with van der Waals surface area (Å²) >= 11 is 0. The summed E-state index contributed by atoms with van der Waals surface area (Å²) in [7, 11) is 1.61. The standard InChI is InChI=1S/C29H28FN3O3/c1-3-4-16-36-23-15-12-21(17-24(23)35-2)28-25-26(20-8-6-5-7-9-20)31-32-27(25)29(34)33(28)18-19-10-13-22(30)14-11-19/h5-15,17,28H,3-4,16,18H2,1-2H3,(H,31,32). The van der Waals surface area contributed by atoms with Crippen molar-refractivity contribution in [2.45, 2.75) is 32.4 Å². The van der Waals surface area contributed by atoms with Gasteiger partial charge in [-0.3, -0.25) is 9.89 Å². The van der Waals surface area contributed by atoms with Gasteiger partial charge in [0.2, 0.25) is 0 Å². The van der Waals surface area contributed by atoms with Crippen LogP contribution in [-0.4, -0.2) is 34.7 Å². The van der Waals surface area contributed by atoms with E-state index in [0.29, 0.717) is 30.3 Å². The third kappa shape index (κ3) is 4.44. The Balaban J connectivity index is 1.59. The molecule has 0 bridgehead atoms. The lowest BCUT2D eigenvalue weighted by molar-refractivity contribution is 0.0730. The fourth-order valence-electron chi connectivity index (χ4n) is 4.61. The zero-order chi connectivity index (χ0) is 25.1. The summed E-state index contributed by atoms with van der Waals surface area (Å²) in [5.74, 6) is 0.805. The molecule has 0 aliphatic carbocycles. The first kappa shape index (κ1) is 23.6. The molecule has 1 amide bonds. The monoisotopic (exact) mass is 485 g/mol. The first-order valence-electron chi connectivity index (χ1n) is 12.1. The van der Waals surface area contributed by atoms with Gasteiger partial charge in [0.05, 0.1) is 25.5 Å². The van der Waals surface area contributed by atoms with Crippen molar-refractivity contribution >= 4 is 5.91 Å².